The molecule has 0 bridgehead atoms. The van der Waals surface area contributed by atoms with Crippen molar-refractivity contribution in [2.24, 2.45) is 15.3 Å². The van der Waals surface area contributed by atoms with Crippen LogP contribution < -0.4 is 15.6 Å². The molecule has 1 aromatic heterocycles. The highest BCUT2D eigenvalue weighted by Gasteiger charge is 2.21. The molecule has 4 aromatic rings. The summed E-state index contributed by atoms with van der Waals surface area (Å²) in [7, 11) is -12.4. The number of hydrogen-bond acceptors (Lipinski definition) is 18. The lowest BCUT2D eigenvalue weighted by atomic mass is 10.1. The van der Waals surface area contributed by atoms with Crippen LogP contribution in [0.4, 0.5) is 33.3 Å². The number of amidine groups is 1. The molecule has 0 aliphatic heterocycles. The molecule has 0 radical (unpaired) electrons. The molecule has 3 aromatic carbocycles. The lowest BCUT2D eigenvalue weighted by Crippen LogP contribution is -2.29. The fourth-order valence-corrected chi connectivity index (χ4v) is 6.30. The zero-order valence-corrected chi connectivity index (χ0v) is 30.5. The minimum atomic E-state index is -4.94. The lowest BCUT2D eigenvalue weighted by Gasteiger charge is -2.18. The van der Waals surface area contributed by atoms with E-state index < -0.39 is 88.5 Å². The van der Waals surface area contributed by atoms with Crippen molar-refractivity contribution >= 4 is 65.1 Å². The van der Waals surface area contributed by atoms with E-state index in [1.165, 1.54) is 7.05 Å². The zero-order chi connectivity index (χ0) is 39.7. The number of aromatic hydroxyl groups is 1. The molecule has 54 heavy (non-hydrogen) atoms. The molecule has 21 nitrogen and oxygen atoms in total. The van der Waals surface area contributed by atoms with E-state index in [0.717, 1.165) is 22.6 Å². The van der Waals surface area contributed by atoms with E-state index in [4.69, 9.17) is 9.81 Å². The molecular weight excluding hydrogens is 782 g/mol. The van der Waals surface area contributed by atoms with E-state index in [1.54, 1.807) is 48.5 Å². The van der Waals surface area contributed by atoms with Crippen LogP contribution in [-0.4, -0.2) is 97.2 Å². The minimum Gasteiger partial charge on any atom is -0.504 e. The molecular formula is C29H32FN9O12S3. The molecule has 290 valence electrons. The van der Waals surface area contributed by atoms with Gasteiger partial charge in [-0.25, -0.2) is 17.5 Å². The summed E-state index contributed by atoms with van der Waals surface area (Å²) in [6, 6.07) is 15.1. The second-order valence-corrected chi connectivity index (χ2v) is 15.9. The summed E-state index contributed by atoms with van der Waals surface area (Å²) >= 11 is 0. The molecule has 0 amide bonds. The van der Waals surface area contributed by atoms with Crippen molar-refractivity contribution in [3.63, 3.8) is 0 Å². The lowest BCUT2D eigenvalue weighted by molar-refractivity contribution is -0.252. The summed E-state index contributed by atoms with van der Waals surface area (Å²) in [5.41, 5.74) is 3.66. The Labute approximate surface area is 307 Å². The molecule has 0 unspecified atom stereocenters. The number of hydrogen-bond donors (Lipinski definition) is 6. The molecule has 0 fully saturated rings. The van der Waals surface area contributed by atoms with Crippen LogP contribution in [0.25, 0.3) is 0 Å². The first kappa shape index (κ1) is 41.5. The zero-order valence-electron chi connectivity index (χ0n) is 28.1. The Morgan fingerprint density at radius 2 is 1.65 bits per heavy atom. The van der Waals surface area contributed by atoms with Crippen molar-refractivity contribution in [3.05, 3.63) is 83.4 Å². The van der Waals surface area contributed by atoms with E-state index in [1.807, 2.05) is 6.92 Å². The van der Waals surface area contributed by atoms with Gasteiger partial charge in [0.15, 0.2) is 15.6 Å². The predicted octanol–water partition coefficient (Wildman–Crippen LogP) is 3.23. The summed E-state index contributed by atoms with van der Waals surface area (Å²) in [5.74, 6) is -3.17. The van der Waals surface area contributed by atoms with Crippen LogP contribution in [0.3, 0.4) is 0 Å². The summed E-state index contributed by atoms with van der Waals surface area (Å²) in [5, 5.41) is 35.2. The molecule has 25 heteroatoms. The normalized spacial score (nSPS) is 12.6. The first-order chi connectivity index (χ1) is 25.3. The second-order valence-electron chi connectivity index (χ2n) is 11.0. The van der Waals surface area contributed by atoms with Crippen LogP contribution in [0.1, 0.15) is 16.7 Å². The fraction of sp³-hybridized carbons (Fsp3) is 0.241. The molecule has 0 aliphatic carbocycles. The standard InChI is InChI=1S/C29H32FN9O12S3/c1-18-8-9-20(17-50-41)22(14-18)35-37-26(19-6-4-3-5-7-19)38-36-24-16-21(53(44,45)46)15-23(25(24)40)31-28-32-27(30)33-29(34-28)39(2)10-12-52(42,43)13-11-51-54(47,48)49/h3-9,14-16,36,40-41H,10-13,17H2,1-2H3,(H,44,45,46)(H,47,48,49)(H,31,32,33,34). The third-order valence-electron chi connectivity index (χ3n) is 6.96. The first-order valence-corrected chi connectivity index (χ1v) is 19.7. The highest BCUT2D eigenvalue weighted by molar-refractivity contribution is 7.91. The predicted molar refractivity (Wildman–Crippen MR) is 190 cm³/mol. The smallest absolute Gasteiger partial charge is 0.397 e. The van der Waals surface area contributed by atoms with Gasteiger partial charge in [0.05, 0.1) is 34.4 Å². The number of benzene rings is 3. The number of halogens is 1. The van der Waals surface area contributed by atoms with Crippen LogP contribution in [0, 0.1) is 13.0 Å². The number of sulfone groups is 1. The van der Waals surface area contributed by atoms with Gasteiger partial charge in [0.2, 0.25) is 17.7 Å². The van der Waals surface area contributed by atoms with E-state index in [2.05, 4.69) is 50.1 Å². The van der Waals surface area contributed by atoms with Crippen LogP contribution in [0.5, 0.6) is 5.75 Å². The summed E-state index contributed by atoms with van der Waals surface area (Å²) in [4.78, 5) is 15.5. The van der Waals surface area contributed by atoms with Crippen molar-refractivity contribution in [2.45, 2.75) is 18.4 Å². The van der Waals surface area contributed by atoms with Crippen LogP contribution in [0.15, 0.2) is 80.9 Å². The van der Waals surface area contributed by atoms with E-state index >= 15 is 0 Å². The molecule has 1 heterocycles. The molecule has 4 rings (SSSR count). The van der Waals surface area contributed by atoms with Crippen LogP contribution >= 0.6 is 0 Å². The van der Waals surface area contributed by atoms with E-state index in [9.17, 15) is 39.3 Å². The Bertz CT molecular complexity index is 2370. The second kappa shape index (κ2) is 17.7. The van der Waals surface area contributed by atoms with Crippen molar-refractivity contribution in [1.82, 2.24) is 15.0 Å². The van der Waals surface area contributed by atoms with Gasteiger partial charge in [-0.2, -0.15) is 41.3 Å². The number of nitrogens with zero attached hydrogens (tertiary/aromatic N) is 7. The third-order valence-corrected chi connectivity index (χ3v) is 9.85. The number of nitrogens with one attached hydrogen (secondary N) is 2. The van der Waals surface area contributed by atoms with E-state index in [0.29, 0.717) is 16.8 Å². The van der Waals surface area contributed by atoms with Gasteiger partial charge in [-0.05, 0) is 30.7 Å². The number of hydrazone groups is 1. The number of anilines is 4. The topological polar surface area (TPSA) is 305 Å². The summed E-state index contributed by atoms with van der Waals surface area (Å²) in [6.07, 6.45) is -1.37. The summed E-state index contributed by atoms with van der Waals surface area (Å²) < 4.78 is 107. The average molecular weight is 814 g/mol. The molecule has 0 saturated heterocycles. The van der Waals surface area contributed by atoms with Crippen molar-refractivity contribution in [2.75, 3.05) is 47.3 Å². The van der Waals surface area contributed by atoms with Crippen LogP contribution in [-0.2, 0) is 46.0 Å². The average Bonchev–Trinajstić information content (AvgIpc) is 3.08. The number of phenolic OH excluding ortho intramolecular Hbond substituents is 1. The van der Waals surface area contributed by atoms with Gasteiger partial charge in [-0.3, -0.25) is 19.8 Å². The van der Waals surface area contributed by atoms with Crippen molar-refractivity contribution < 1.29 is 58.2 Å². The molecule has 6 N–H and O–H groups in total. The molecule has 0 saturated carbocycles. The minimum absolute atomic E-state index is 0.0701. The van der Waals surface area contributed by atoms with E-state index in [-0.39, 0.29) is 19.0 Å². The van der Waals surface area contributed by atoms with Gasteiger partial charge in [0.1, 0.15) is 12.3 Å². The fourth-order valence-electron chi connectivity index (χ4n) is 4.27. The SMILES string of the molecule is Cc1ccc(COO)c(N=NC(=NNc2cc(S(=O)(=O)O)cc(Nc3nc(F)nc(N(C)CCS(=O)(=O)CCOS(=O)(=O)O)n3)c2O)c2ccccc2)c1. The van der Waals surface area contributed by atoms with Crippen molar-refractivity contribution in [3.8, 4) is 5.75 Å². The number of azo groups is 1. The Morgan fingerprint density at radius 1 is 0.944 bits per heavy atom. The molecule has 0 spiro atoms. The largest absolute Gasteiger partial charge is 0.504 e. The highest BCUT2D eigenvalue weighted by atomic mass is 32.3. The monoisotopic (exact) mass is 813 g/mol. The van der Waals surface area contributed by atoms with Gasteiger partial charge >= 0.3 is 16.5 Å². The number of rotatable bonds is 17. The van der Waals surface area contributed by atoms with Gasteiger partial charge in [-0.15, -0.1) is 10.2 Å². The number of phenols is 1. The van der Waals surface area contributed by atoms with Crippen LogP contribution in [0.2, 0.25) is 0 Å². The van der Waals surface area contributed by atoms with Gasteiger partial charge < -0.3 is 15.3 Å². The Balaban J connectivity index is 1.64. The Morgan fingerprint density at radius 3 is 2.31 bits per heavy atom. The number of aromatic nitrogens is 3. The molecule has 0 aliphatic rings. The Hall–Kier alpha value is -5.28. The van der Waals surface area contributed by atoms with Crippen molar-refractivity contribution in [1.29, 1.82) is 0 Å². The maximum Gasteiger partial charge on any atom is 0.397 e. The maximum atomic E-state index is 14.5. The van der Waals surface area contributed by atoms with Gasteiger partial charge in [0, 0.05) is 24.7 Å². The van der Waals surface area contributed by atoms with Gasteiger partial charge in [0.25, 0.3) is 10.1 Å². The highest BCUT2D eigenvalue weighted by Crippen LogP contribution is 2.37. The third kappa shape index (κ3) is 12.4. The first-order valence-electron chi connectivity index (χ1n) is 15.1. The Kier molecular flexibility index (Phi) is 13.6. The van der Waals surface area contributed by atoms with Gasteiger partial charge in [-0.1, -0.05) is 42.5 Å². The molecule has 0 atom stereocenters. The quantitative estimate of drug-likeness (QED) is 0.0169. The summed E-state index contributed by atoms with van der Waals surface area (Å²) in [6.45, 7) is 0.428. The number of aryl methyl sites for hydroxylation is 1. The maximum absolute atomic E-state index is 14.5.